The summed E-state index contributed by atoms with van der Waals surface area (Å²) in [5, 5.41) is 11.8. The number of alkyl halides is 3. The molecular formula is C36H45F3N8O4. The van der Waals surface area contributed by atoms with Gasteiger partial charge in [-0.15, -0.1) is 10.2 Å². The molecular weight excluding hydrogens is 665 g/mol. The van der Waals surface area contributed by atoms with Gasteiger partial charge in [0.1, 0.15) is 23.8 Å². The monoisotopic (exact) mass is 710 g/mol. The molecule has 2 atom stereocenters. The van der Waals surface area contributed by atoms with Crippen molar-refractivity contribution in [2.24, 2.45) is 13.0 Å². The number of hydrogen-bond acceptors (Lipinski definition) is 10. The number of benzene rings is 1. The minimum absolute atomic E-state index is 0.0823. The molecule has 0 bridgehead atoms. The van der Waals surface area contributed by atoms with Crippen LogP contribution in [0.3, 0.4) is 0 Å². The lowest BCUT2D eigenvalue weighted by Crippen LogP contribution is -2.53. The summed E-state index contributed by atoms with van der Waals surface area (Å²) in [5.41, 5.74) is -0.945. The van der Waals surface area contributed by atoms with Crippen molar-refractivity contribution >= 4 is 24.0 Å². The molecule has 7 rings (SSSR count). The van der Waals surface area contributed by atoms with Gasteiger partial charge in [-0.05, 0) is 61.2 Å². The standard InChI is InChI=1S/C36H45F3N8O4/c1-22(2)28-17-44(3)9-10-46(28)16-23-11-26-32(27(12-23)36(37,38)39)34(51-21-48)47(33(26)49)30-14-24(13-29(42-30)41-25-7-5-6-8-25)35(18-50-19-35)15-31-43-40-20-45(31)4/h11-14,20-22,25,28,34H,5-10,15-19H2,1-4H3,(H,41,42)/t28-,34?/m1/s1. The highest BCUT2D eigenvalue weighted by molar-refractivity contribution is 6.11. The van der Waals surface area contributed by atoms with E-state index in [2.05, 4.69) is 39.2 Å². The summed E-state index contributed by atoms with van der Waals surface area (Å²) < 4.78 is 57.8. The first-order valence-corrected chi connectivity index (χ1v) is 17.7. The van der Waals surface area contributed by atoms with Gasteiger partial charge < -0.3 is 24.3 Å². The van der Waals surface area contributed by atoms with Crippen molar-refractivity contribution in [2.75, 3.05) is 50.1 Å². The molecule has 1 unspecified atom stereocenters. The quantitative estimate of drug-likeness (QED) is 0.281. The number of aromatic nitrogens is 4. The molecule has 1 aromatic carbocycles. The van der Waals surface area contributed by atoms with Crippen LogP contribution in [0, 0.1) is 5.92 Å². The first kappa shape index (κ1) is 35.3. The molecule has 3 aromatic rings. The van der Waals surface area contributed by atoms with E-state index in [0.717, 1.165) is 61.1 Å². The summed E-state index contributed by atoms with van der Waals surface area (Å²) in [4.78, 5) is 36.7. The van der Waals surface area contributed by atoms with E-state index < -0.39 is 29.3 Å². The predicted molar refractivity (Wildman–Crippen MR) is 182 cm³/mol. The van der Waals surface area contributed by atoms with Crippen LogP contribution < -0.4 is 10.2 Å². The molecule has 0 radical (unpaired) electrons. The average molecular weight is 711 g/mol. The molecule has 3 aliphatic heterocycles. The number of nitrogens with zero attached hydrogens (tertiary/aromatic N) is 7. The van der Waals surface area contributed by atoms with E-state index in [1.54, 1.807) is 12.4 Å². The van der Waals surface area contributed by atoms with Crippen molar-refractivity contribution in [2.45, 2.75) is 82.4 Å². The topological polar surface area (TPSA) is 118 Å². The number of rotatable bonds is 11. The van der Waals surface area contributed by atoms with Crippen LogP contribution in [0.15, 0.2) is 30.6 Å². The molecule has 1 aliphatic carbocycles. The van der Waals surface area contributed by atoms with Gasteiger partial charge in [0.2, 0.25) is 6.23 Å². The number of nitrogens with one attached hydrogen (secondary N) is 1. The number of anilines is 2. The van der Waals surface area contributed by atoms with Gasteiger partial charge in [-0.3, -0.25) is 19.4 Å². The Balaban J connectivity index is 1.31. The molecule has 1 amide bonds. The Morgan fingerprint density at radius 2 is 1.88 bits per heavy atom. The molecule has 51 heavy (non-hydrogen) atoms. The fourth-order valence-corrected chi connectivity index (χ4v) is 8.10. The highest BCUT2D eigenvalue weighted by atomic mass is 19.4. The van der Waals surface area contributed by atoms with Gasteiger partial charge in [0, 0.05) is 68.3 Å². The number of aryl methyl sites for hydroxylation is 1. The zero-order valence-electron chi connectivity index (χ0n) is 29.4. The number of carbonyl (C=O) groups is 2. The van der Waals surface area contributed by atoms with Crippen LogP contribution >= 0.6 is 0 Å². The average Bonchev–Trinajstić information content (AvgIpc) is 3.79. The van der Waals surface area contributed by atoms with E-state index in [-0.39, 0.29) is 48.0 Å². The number of fused-ring (bicyclic) bond motifs is 1. The van der Waals surface area contributed by atoms with Gasteiger partial charge in [-0.1, -0.05) is 26.7 Å². The second-order valence-electron chi connectivity index (χ2n) is 14.9. The Morgan fingerprint density at radius 3 is 2.51 bits per heavy atom. The highest BCUT2D eigenvalue weighted by Crippen LogP contribution is 2.47. The molecule has 0 spiro atoms. The van der Waals surface area contributed by atoms with Crippen LogP contribution in [0.2, 0.25) is 0 Å². The third-order valence-electron chi connectivity index (χ3n) is 11.0. The van der Waals surface area contributed by atoms with Gasteiger partial charge in [-0.2, -0.15) is 13.2 Å². The smallest absolute Gasteiger partial charge is 0.416 e. The molecule has 3 fully saturated rings. The summed E-state index contributed by atoms with van der Waals surface area (Å²) >= 11 is 0. The normalized spacial score (nSPS) is 22.7. The van der Waals surface area contributed by atoms with Crippen molar-refractivity contribution in [3.8, 4) is 0 Å². The molecule has 274 valence electrons. The van der Waals surface area contributed by atoms with Crippen LogP contribution in [0.4, 0.5) is 24.8 Å². The Hall–Kier alpha value is -4.08. The SMILES string of the molecule is CC(C)[C@H]1CN(C)CCN1Cc1cc2c(c(C(F)(F)F)c1)C(OC=O)N(c1cc(C3(Cc4nncn4C)COC3)cc(NC3CCCC3)n1)C2=O. The van der Waals surface area contributed by atoms with Crippen molar-refractivity contribution in [1.29, 1.82) is 0 Å². The van der Waals surface area contributed by atoms with E-state index in [4.69, 9.17) is 14.5 Å². The zero-order chi connectivity index (χ0) is 36.1. The van der Waals surface area contributed by atoms with Gasteiger partial charge in [0.15, 0.2) is 0 Å². The number of pyridine rings is 1. The molecule has 1 saturated carbocycles. The van der Waals surface area contributed by atoms with Crippen LogP contribution in [0.25, 0.3) is 0 Å². The van der Waals surface area contributed by atoms with Gasteiger partial charge in [-0.25, -0.2) is 4.98 Å². The molecule has 2 saturated heterocycles. The highest BCUT2D eigenvalue weighted by Gasteiger charge is 2.49. The van der Waals surface area contributed by atoms with E-state index in [9.17, 15) is 22.8 Å². The summed E-state index contributed by atoms with van der Waals surface area (Å²) in [6.07, 6.45) is -0.372. The van der Waals surface area contributed by atoms with Gasteiger partial charge in [0.05, 0.1) is 18.8 Å². The maximum atomic E-state index is 15.0. The first-order valence-electron chi connectivity index (χ1n) is 17.7. The maximum absolute atomic E-state index is 15.0. The number of amides is 1. The van der Waals surface area contributed by atoms with E-state index in [1.807, 2.05) is 24.7 Å². The minimum atomic E-state index is -4.83. The van der Waals surface area contributed by atoms with E-state index >= 15 is 0 Å². The lowest BCUT2D eigenvalue weighted by Gasteiger charge is -2.42. The van der Waals surface area contributed by atoms with Crippen LogP contribution in [0.1, 0.15) is 84.2 Å². The third-order valence-corrected chi connectivity index (χ3v) is 11.0. The van der Waals surface area contributed by atoms with Crippen molar-refractivity contribution < 1.29 is 32.2 Å². The molecule has 12 nitrogen and oxygen atoms in total. The number of likely N-dealkylation sites (N-methyl/N-ethyl adjacent to an activating group) is 1. The fraction of sp³-hybridized carbons (Fsp3) is 0.583. The van der Waals surface area contributed by atoms with Gasteiger partial charge in [0.25, 0.3) is 12.4 Å². The summed E-state index contributed by atoms with van der Waals surface area (Å²) in [6, 6.07) is 6.54. The number of piperazine rings is 1. The maximum Gasteiger partial charge on any atom is 0.416 e. The van der Waals surface area contributed by atoms with Crippen molar-refractivity contribution in [1.82, 2.24) is 29.5 Å². The second-order valence-corrected chi connectivity index (χ2v) is 14.9. The summed E-state index contributed by atoms with van der Waals surface area (Å²) in [7, 11) is 3.89. The third kappa shape index (κ3) is 6.83. The van der Waals surface area contributed by atoms with Crippen molar-refractivity contribution in [3.05, 3.63) is 64.2 Å². The van der Waals surface area contributed by atoms with Crippen LogP contribution in [-0.2, 0) is 45.9 Å². The lowest BCUT2D eigenvalue weighted by molar-refractivity contribution is -0.142. The number of halogens is 3. The molecule has 1 N–H and O–H groups in total. The predicted octanol–water partition coefficient (Wildman–Crippen LogP) is 4.70. The van der Waals surface area contributed by atoms with Crippen LogP contribution in [-0.4, -0.2) is 93.9 Å². The number of hydrogen-bond donors (Lipinski definition) is 1. The van der Waals surface area contributed by atoms with E-state index in [0.29, 0.717) is 37.6 Å². The Morgan fingerprint density at radius 1 is 1.12 bits per heavy atom. The second kappa shape index (κ2) is 13.8. The Bertz CT molecular complexity index is 1770. The van der Waals surface area contributed by atoms with Crippen LogP contribution in [0.5, 0.6) is 0 Å². The Kier molecular flexibility index (Phi) is 9.56. The molecule has 5 heterocycles. The molecule has 15 heteroatoms. The lowest BCUT2D eigenvalue weighted by atomic mass is 9.75. The summed E-state index contributed by atoms with van der Waals surface area (Å²) in [5.74, 6) is 0.857. The fourth-order valence-electron chi connectivity index (χ4n) is 8.10. The largest absolute Gasteiger partial charge is 0.439 e. The molecule has 2 aromatic heterocycles. The van der Waals surface area contributed by atoms with E-state index in [1.165, 1.54) is 6.07 Å². The first-order chi connectivity index (χ1) is 24.4. The number of ether oxygens (including phenoxy) is 2. The Labute approximate surface area is 295 Å². The number of carbonyl (C=O) groups excluding carboxylic acids is 2. The summed E-state index contributed by atoms with van der Waals surface area (Å²) in [6.45, 7) is 7.52. The minimum Gasteiger partial charge on any atom is -0.439 e. The zero-order valence-corrected chi connectivity index (χ0v) is 29.4. The molecule has 4 aliphatic rings. The van der Waals surface area contributed by atoms with Crippen molar-refractivity contribution in [3.63, 3.8) is 0 Å². The van der Waals surface area contributed by atoms with Gasteiger partial charge >= 0.3 is 6.18 Å².